The largest absolute Gasteiger partial charge is 0.504 e. The molecule has 6 aliphatic heterocycles. The van der Waals surface area contributed by atoms with Crippen molar-refractivity contribution in [3.63, 3.8) is 0 Å². The molecule has 11 unspecified atom stereocenters. The minimum atomic E-state index is -3.08. The van der Waals surface area contributed by atoms with E-state index >= 15 is 0 Å². The number of aliphatic hydroxyl groups excluding tert-OH is 1. The van der Waals surface area contributed by atoms with Crippen LogP contribution in [0.15, 0.2) is 186 Å². The number of aliphatic hydroxyl groups is 1. The van der Waals surface area contributed by atoms with Gasteiger partial charge in [0, 0.05) is 37.7 Å². The highest BCUT2D eigenvalue weighted by Crippen LogP contribution is 2.41. The SMILES string of the molecule is COc1ccc(S(C)(=O)=O)cc1.COc1ccc(S(C)(=O)=O)cc1.NCc1ccc2c(c1)OC(c1ccccc1)O2.O=C(NC(Cc1ccccc1)C(O)CNCc1ccc(O)c(O)c1)OC1COC2OCCC12.O=C(NC(Cc1ccccc1)C1CO1)OC1COC2OCCC12. The van der Waals surface area contributed by atoms with E-state index in [4.69, 9.17) is 57.8 Å². The number of benzene rings is 7. The molecule has 0 aromatic heterocycles. The highest BCUT2D eigenvalue weighted by molar-refractivity contribution is 7.91. The van der Waals surface area contributed by atoms with Crippen LogP contribution in [-0.2, 0) is 78.8 Å². The predicted octanol–water partition coefficient (Wildman–Crippen LogP) is 7.94. The van der Waals surface area contributed by atoms with Crippen LogP contribution in [-0.4, -0.2) is 160 Å². The molecule has 0 bridgehead atoms. The zero-order valence-electron chi connectivity index (χ0n) is 54.3. The van der Waals surface area contributed by atoms with Crippen LogP contribution >= 0.6 is 0 Å². The summed E-state index contributed by atoms with van der Waals surface area (Å²) in [6, 6.07) is 51.8. The van der Waals surface area contributed by atoms with Crippen LogP contribution in [0.5, 0.6) is 34.5 Å². The molecule has 2 amide bonds. The van der Waals surface area contributed by atoms with E-state index in [1.165, 1.54) is 68.7 Å². The maximum absolute atomic E-state index is 12.6. The van der Waals surface area contributed by atoms with Gasteiger partial charge in [-0.15, -0.1) is 0 Å². The maximum atomic E-state index is 12.6. The monoisotopic (exact) mass is 1380 g/mol. The Kier molecular flexibility index (Phi) is 26.3. The lowest BCUT2D eigenvalue weighted by atomic mass is 10.0. The van der Waals surface area contributed by atoms with E-state index in [9.17, 15) is 41.7 Å². The number of rotatable bonds is 20. The van der Waals surface area contributed by atoms with Crippen molar-refractivity contribution in [2.45, 2.75) is 104 Å². The summed E-state index contributed by atoms with van der Waals surface area (Å²) in [5.41, 5.74) is 10.5. The standard InChI is InChI=1S/C24H30N2O7.C17H21NO5.C14H13NO2.2C8H10O3S/c27-19-7-6-16(11-20(19)28)12-25-13-21(29)18(10-15-4-2-1-3-5-15)26-24(30)33-22-14-32-23-17(22)8-9-31-23;19-17(23-14-9-22-16-12(14)6-7-20-16)18-13(15-10-21-15)8-11-4-2-1-3-5-11;15-9-10-6-7-12-13(8-10)17-14(16-12)11-4-2-1-3-5-11;2*1-11-7-3-5-8(6-4-7)12(2,9)10/h1-7,11,17-18,21-23,25,27-29H,8-10,12-14H2,(H,26,30);1-5,12-16H,6-10H2,(H,18,19);1-8,14H,9,15H2;2*3-6H,1-2H3. The normalized spacial score (nSPS) is 21.6. The molecule has 6 aliphatic rings. The summed E-state index contributed by atoms with van der Waals surface area (Å²) in [6.45, 7) is 3.73. The fraction of sp³-hybridized carbons (Fsp3) is 0.380. The van der Waals surface area contributed by atoms with Gasteiger partial charge in [-0.05, 0) is 121 Å². The number of hydrogen-bond donors (Lipinski definition) is 7. The second kappa shape index (κ2) is 35.1. The number of phenols is 2. The number of phenolic OH excluding ortho intramolecular Hbond substituents is 2. The molecule has 0 radical (unpaired) electrons. The van der Waals surface area contributed by atoms with Gasteiger partial charge in [0.15, 0.2) is 55.3 Å². The number of sulfone groups is 2. The second-order valence-corrected chi connectivity index (χ2v) is 27.6. The molecule has 7 aromatic rings. The van der Waals surface area contributed by atoms with Crippen molar-refractivity contribution in [3.05, 3.63) is 204 Å². The smallest absolute Gasteiger partial charge is 0.407 e. The average Bonchev–Trinajstić information content (AvgIpc) is 1.69. The van der Waals surface area contributed by atoms with E-state index < -0.39 is 44.0 Å². The summed E-state index contributed by atoms with van der Waals surface area (Å²) in [5, 5.41) is 38.8. The number of nitrogens with one attached hydrogen (secondary N) is 3. The van der Waals surface area contributed by atoms with Gasteiger partial charge in [0.25, 0.3) is 6.29 Å². The second-order valence-electron chi connectivity index (χ2n) is 23.6. The van der Waals surface area contributed by atoms with Crippen molar-refractivity contribution in [1.29, 1.82) is 0 Å². The van der Waals surface area contributed by atoms with Crippen LogP contribution in [0.25, 0.3) is 0 Å². The number of fused-ring (bicyclic) bond motifs is 3. The highest BCUT2D eigenvalue weighted by atomic mass is 32.2. The van der Waals surface area contributed by atoms with E-state index in [1.807, 2.05) is 109 Å². The van der Waals surface area contributed by atoms with E-state index in [2.05, 4.69) is 16.0 Å². The molecular weight excluding hydrogens is 1290 g/mol. The molecule has 0 spiro atoms. The number of nitrogens with two attached hydrogens (primary N) is 1. The Labute approximate surface area is 565 Å². The quantitative estimate of drug-likeness (QED) is 0.0281. The van der Waals surface area contributed by atoms with Crippen molar-refractivity contribution < 1.29 is 93.8 Å². The van der Waals surface area contributed by atoms with Crippen LogP contribution in [0.2, 0.25) is 0 Å². The summed E-state index contributed by atoms with van der Waals surface area (Å²) in [4.78, 5) is 25.5. The van der Waals surface area contributed by atoms with Gasteiger partial charge in [0.1, 0.15) is 29.8 Å². The van der Waals surface area contributed by atoms with Crippen LogP contribution in [0.3, 0.4) is 0 Å². The van der Waals surface area contributed by atoms with Crippen molar-refractivity contribution in [2.75, 3.05) is 66.3 Å². The van der Waals surface area contributed by atoms with Crippen molar-refractivity contribution >= 4 is 31.9 Å². The summed E-state index contributed by atoms with van der Waals surface area (Å²) >= 11 is 0. The first-order valence-electron chi connectivity index (χ1n) is 31.6. The topological polar surface area (TPSA) is 330 Å². The van der Waals surface area contributed by atoms with Crippen LogP contribution in [0.1, 0.15) is 46.9 Å². The third-order valence-corrected chi connectivity index (χ3v) is 18.7. The zero-order valence-corrected chi connectivity index (χ0v) is 55.9. The fourth-order valence-electron chi connectivity index (χ4n) is 11.0. The number of hydrogen-bond acceptors (Lipinski definition) is 22. The van der Waals surface area contributed by atoms with Gasteiger partial charge in [-0.25, -0.2) is 26.4 Å². The Morgan fingerprint density at radius 2 is 1.05 bits per heavy atom. The summed E-state index contributed by atoms with van der Waals surface area (Å²) in [6.07, 6.45) is 1.90. The number of aromatic hydroxyl groups is 2. The van der Waals surface area contributed by atoms with Crippen molar-refractivity contribution in [2.24, 2.45) is 17.6 Å². The molecule has 5 fully saturated rings. The molecule has 13 rings (SSSR count). The zero-order chi connectivity index (χ0) is 68.9. The molecule has 0 aliphatic carbocycles. The number of methoxy groups -OCH3 is 2. The van der Waals surface area contributed by atoms with Gasteiger partial charge in [-0.1, -0.05) is 103 Å². The Bertz CT molecular complexity index is 3770. The number of ether oxygens (including phenoxy) is 11. The Balaban J connectivity index is 0.000000151. The van der Waals surface area contributed by atoms with E-state index in [0.29, 0.717) is 73.8 Å². The summed E-state index contributed by atoms with van der Waals surface area (Å²) in [5.74, 6) is 2.66. The van der Waals surface area contributed by atoms with Gasteiger partial charge in [-0.2, -0.15) is 0 Å². The lowest BCUT2D eigenvalue weighted by molar-refractivity contribution is -0.0909. The number of carbonyl (C=O) groups excluding carboxylic acids is 2. The van der Waals surface area contributed by atoms with Crippen LogP contribution < -0.4 is 40.6 Å². The minimum absolute atomic E-state index is 0.0386. The number of alkyl carbamates (subject to hydrolysis) is 2. The molecule has 24 nitrogen and oxygen atoms in total. The molecule has 6 heterocycles. The molecule has 0 saturated carbocycles. The van der Waals surface area contributed by atoms with Gasteiger partial charge >= 0.3 is 12.2 Å². The average molecular weight is 1380 g/mol. The Morgan fingerprint density at radius 3 is 1.55 bits per heavy atom. The van der Waals surface area contributed by atoms with Crippen molar-refractivity contribution in [1.82, 2.24) is 16.0 Å². The number of amides is 2. The minimum Gasteiger partial charge on any atom is -0.504 e. The predicted molar refractivity (Wildman–Crippen MR) is 356 cm³/mol. The van der Waals surface area contributed by atoms with Gasteiger partial charge < -0.3 is 89.1 Å². The molecule has 520 valence electrons. The Morgan fingerprint density at radius 1 is 0.557 bits per heavy atom. The van der Waals surface area contributed by atoms with Gasteiger partial charge in [-0.3, -0.25) is 0 Å². The first kappa shape index (κ1) is 72.7. The van der Waals surface area contributed by atoms with E-state index in [-0.39, 0.29) is 73.1 Å². The van der Waals surface area contributed by atoms with E-state index in [0.717, 1.165) is 53.0 Å². The molecular formula is C71H84N4O20S2. The third kappa shape index (κ3) is 22.0. The highest BCUT2D eigenvalue weighted by Gasteiger charge is 2.46. The Hall–Kier alpha value is -8.54. The first-order chi connectivity index (χ1) is 46.7. The van der Waals surface area contributed by atoms with Crippen molar-refractivity contribution in [3.8, 4) is 34.5 Å². The molecule has 7 aromatic carbocycles. The molecule has 11 atom stereocenters. The molecule has 8 N–H and O–H groups in total. The lowest BCUT2D eigenvalue weighted by Crippen LogP contribution is -2.49. The molecule has 97 heavy (non-hydrogen) atoms. The van der Waals surface area contributed by atoms with Crippen LogP contribution in [0, 0.1) is 11.8 Å². The summed E-state index contributed by atoms with van der Waals surface area (Å²) < 4.78 is 104. The fourth-order valence-corrected chi connectivity index (χ4v) is 12.3. The third-order valence-electron chi connectivity index (χ3n) is 16.4. The maximum Gasteiger partial charge on any atom is 0.407 e. The lowest BCUT2D eigenvalue weighted by Gasteiger charge is -2.26. The number of carbonyl (C=O) groups is 2. The van der Waals surface area contributed by atoms with E-state index in [1.54, 1.807) is 30.3 Å². The first-order valence-corrected chi connectivity index (χ1v) is 35.4. The van der Waals surface area contributed by atoms with Gasteiger partial charge in [0.2, 0.25) is 0 Å². The summed E-state index contributed by atoms with van der Waals surface area (Å²) in [7, 11) is -3.09. The molecule has 26 heteroatoms. The van der Waals surface area contributed by atoms with Gasteiger partial charge in [0.05, 0.1) is 87.1 Å². The molecule has 5 saturated heterocycles. The number of epoxide rings is 1. The van der Waals surface area contributed by atoms with Crippen LogP contribution in [0.4, 0.5) is 9.59 Å².